The number of rotatable bonds is 4. The first-order valence-electron chi connectivity index (χ1n) is 11.2. The fourth-order valence-corrected chi connectivity index (χ4v) is 6.22. The average Bonchev–Trinajstić information content (AvgIpc) is 3.41. The fourth-order valence-electron chi connectivity index (χ4n) is 6.22. The molecule has 11 nitrogen and oxygen atoms in total. The van der Waals surface area contributed by atoms with E-state index in [0.29, 0.717) is 11.3 Å². The lowest BCUT2D eigenvalue weighted by atomic mass is 9.73. The van der Waals surface area contributed by atoms with Crippen LogP contribution in [0.15, 0.2) is 41.6 Å². The van der Waals surface area contributed by atoms with Gasteiger partial charge in [0, 0.05) is 19.3 Å². The zero-order valence-electron chi connectivity index (χ0n) is 19.9. The summed E-state index contributed by atoms with van der Waals surface area (Å²) in [5, 5.41) is 0. The molecule has 4 aliphatic heterocycles. The van der Waals surface area contributed by atoms with Crippen LogP contribution in [0.3, 0.4) is 0 Å². The fraction of sp³-hybridized carbons (Fsp3) is 0.458. The third-order valence-corrected chi connectivity index (χ3v) is 7.60. The molecule has 3 fully saturated rings. The summed E-state index contributed by atoms with van der Waals surface area (Å²) in [6.45, 7) is 3.63. The molecule has 11 heteroatoms. The number of fused-ring (bicyclic) bond motifs is 3. The minimum atomic E-state index is -2.37. The Morgan fingerprint density at radius 1 is 1.03 bits per heavy atom. The predicted octanol–water partition coefficient (Wildman–Crippen LogP) is 0.179. The van der Waals surface area contributed by atoms with Gasteiger partial charge < -0.3 is 19.1 Å². The van der Waals surface area contributed by atoms with E-state index in [1.807, 2.05) is 0 Å². The molecule has 1 spiro atoms. The number of hydrogen-bond donors (Lipinski definition) is 0. The van der Waals surface area contributed by atoms with E-state index in [0.717, 1.165) is 12.0 Å². The van der Waals surface area contributed by atoms with Crippen LogP contribution < -0.4 is 0 Å². The second-order valence-corrected chi connectivity index (χ2v) is 8.90. The van der Waals surface area contributed by atoms with Gasteiger partial charge >= 0.3 is 11.9 Å². The Kier molecular flexibility index (Phi) is 4.86. The molecule has 1 aromatic rings. The first-order valence-corrected chi connectivity index (χ1v) is 11.2. The van der Waals surface area contributed by atoms with Crippen molar-refractivity contribution >= 4 is 29.7 Å². The second kappa shape index (κ2) is 7.38. The van der Waals surface area contributed by atoms with E-state index >= 15 is 0 Å². The highest BCUT2D eigenvalue weighted by Gasteiger charge is 2.88. The van der Waals surface area contributed by atoms with Crippen LogP contribution >= 0.6 is 0 Å². The molecule has 35 heavy (non-hydrogen) atoms. The average molecular weight is 483 g/mol. The molecule has 4 heterocycles. The molecule has 184 valence electrons. The Morgan fingerprint density at radius 2 is 1.66 bits per heavy atom. The van der Waals surface area contributed by atoms with Crippen molar-refractivity contribution in [2.24, 2.45) is 11.8 Å². The van der Waals surface area contributed by atoms with Gasteiger partial charge in [0.15, 0.2) is 0 Å². The minimum absolute atomic E-state index is 0.164. The van der Waals surface area contributed by atoms with Crippen LogP contribution in [-0.4, -0.2) is 83.6 Å². The topological polar surface area (TPSA) is 123 Å². The SMILES string of the molecule is CCN1C(C)=C(C(=O)OC)C(c2ccccc2)N2C(=O)[C@@]3(C(=O)OC)O[C@@]12C1C(=O)N(C)C(=O)C13. The number of likely N-dealkylation sites (tertiary alicyclic amines) is 1. The number of benzene rings is 1. The van der Waals surface area contributed by atoms with E-state index in [-0.39, 0.29) is 12.1 Å². The lowest BCUT2D eigenvalue weighted by Crippen LogP contribution is -2.70. The van der Waals surface area contributed by atoms with Gasteiger partial charge in [-0.25, -0.2) is 9.59 Å². The van der Waals surface area contributed by atoms with Crippen molar-refractivity contribution in [2.75, 3.05) is 27.8 Å². The molecule has 3 unspecified atom stereocenters. The lowest BCUT2D eigenvalue weighted by Gasteiger charge is -2.55. The molecule has 5 atom stereocenters. The molecule has 0 aliphatic carbocycles. The van der Waals surface area contributed by atoms with Gasteiger partial charge in [0.25, 0.3) is 11.5 Å². The molecule has 0 saturated carbocycles. The van der Waals surface area contributed by atoms with Gasteiger partial charge in [0.1, 0.15) is 11.8 Å². The van der Waals surface area contributed by atoms with Crippen LogP contribution in [0.25, 0.3) is 0 Å². The molecule has 3 amide bonds. The largest absolute Gasteiger partial charge is 0.466 e. The van der Waals surface area contributed by atoms with Crippen molar-refractivity contribution in [3.63, 3.8) is 0 Å². The summed E-state index contributed by atoms with van der Waals surface area (Å²) in [4.78, 5) is 71.0. The number of carbonyl (C=O) groups excluding carboxylic acids is 5. The third-order valence-electron chi connectivity index (χ3n) is 7.60. The van der Waals surface area contributed by atoms with E-state index in [2.05, 4.69) is 0 Å². The Morgan fingerprint density at radius 3 is 2.23 bits per heavy atom. The summed E-state index contributed by atoms with van der Waals surface area (Å²) >= 11 is 0. The van der Waals surface area contributed by atoms with Gasteiger partial charge in [0.2, 0.25) is 17.7 Å². The van der Waals surface area contributed by atoms with Crippen molar-refractivity contribution in [3.05, 3.63) is 47.2 Å². The zero-order chi connectivity index (χ0) is 25.4. The lowest BCUT2D eigenvalue weighted by molar-refractivity contribution is -0.224. The summed E-state index contributed by atoms with van der Waals surface area (Å²) in [6.07, 6.45) is 0. The first-order chi connectivity index (χ1) is 16.6. The van der Waals surface area contributed by atoms with Crippen LogP contribution in [-0.2, 0) is 38.2 Å². The molecule has 0 N–H and O–H groups in total. The number of methoxy groups -OCH3 is 2. The number of amides is 3. The molecule has 5 rings (SSSR count). The summed E-state index contributed by atoms with van der Waals surface area (Å²) < 4.78 is 16.4. The van der Waals surface area contributed by atoms with E-state index in [4.69, 9.17) is 14.2 Å². The maximum absolute atomic E-state index is 14.2. The number of carbonyl (C=O) groups is 5. The third kappa shape index (κ3) is 2.41. The molecule has 1 aromatic carbocycles. The first kappa shape index (κ1) is 23.0. The Balaban J connectivity index is 1.87. The predicted molar refractivity (Wildman–Crippen MR) is 116 cm³/mol. The Labute approximate surface area is 201 Å². The number of allylic oxidation sites excluding steroid dienone is 1. The van der Waals surface area contributed by atoms with Gasteiger partial charge in [0.05, 0.1) is 25.8 Å². The highest BCUT2D eigenvalue weighted by molar-refractivity contribution is 6.19. The number of hydrogen-bond acceptors (Lipinski definition) is 9. The van der Waals surface area contributed by atoms with Gasteiger partial charge in [-0.15, -0.1) is 0 Å². The summed E-state index contributed by atoms with van der Waals surface area (Å²) in [6, 6.07) is 7.69. The van der Waals surface area contributed by atoms with E-state index in [9.17, 15) is 24.0 Å². The maximum atomic E-state index is 14.2. The standard InChI is InChI=1S/C24H25N3O8/c1-6-26-12(2)14(20(30)33-4)17(13-10-8-7-9-11-13)27-21(31)23(22(32)34-5)15-16(24(26,27)35-23)19(29)25(3)18(15)28/h7-11,15-17H,6H2,1-5H3/t15?,16?,17?,23-,24-/m0/s1. The molecular weight excluding hydrogens is 458 g/mol. The summed E-state index contributed by atoms with van der Waals surface area (Å²) in [5.41, 5.74) is -1.25. The van der Waals surface area contributed by atoms with E-state index in [1.165, 1.54) is 19.1 Å². The van der Waals surface area contributed by atoms with Gasteiger partial charge in [-0.05, 0) is 19.4 Å². The molecule has 0 aromatic heterocycles. The Hall–Kier alpha value is -3.73. The number of nitrogens with zero attached hydrogens (tertiary/aromatic N) is 3. The number of ether oxygens (including phenoxy) is 3. The van der Waals surface area contributed by atoms with E-state index in [1.54, 1.807) is 49.1 Å². The minimum Gasteiger partial charge on any atom is -0.466 e. The van der Waals surface area contributed by atoms with E-state index < -0.39 is 59.0 Å². The Bertz CT molecular complexity index is 1210. The quantitative estimate of drug-likeness (QED) is 0.335. The molecular formula is C24H25N3O8. The number of piperidine rings is 1. The van der Waals surface area contributed by atoms with Gasteiger partial charge in [-0.3, -0.25) is 24.2 Å². The number of esters is 2. The summed E-state index contributed by atoms with van der Waals surface area (Å²) in [5.74, 6) is -8.29. The maximum Gasteiger partial charge on any atom is 0.349 e. The van der Waals surface area contributed by atoms with Crippen molar-refractivity contribution in [1.29, 1.82) is 0 Å². The number of imide groups is 1. The van der Waals surface area contributed by atoms with Crippen molar-refractivity contribution < 1.29 is 38.2 Å². The van der Waals surface area contributed by atoms with Crippen LogP contribution in [0.1, 0.15) is 25.5 Å². The normalized spacial score (nSPS) is 33.3. The highest BCUT2D eigenvalue weighted by atomic mass is 16.6. The monoisotopic (exact) mass is 483 g/mol. The molecule has 2 bridgehead atoms. The molecule has 0 radical (unpaired) electrons. The van der Waals surface area contributed by atoms with Gasteiger partial charge in [-0.2, -0.15) is 0 Å². The van der Waals surface area contributed by atoms with Crippen LogP contribution in [0.2, 0.25) is 0 Å². The zero-order valence-corrected chi connectivity index (χ0v) is 19.9. The highest BCUT2D eigenvalue weighted by Crippen LogP contribution is 2.65. The van der Waals surface area contributed by atoms with Crippen molar-refractivity contribution in [3.8, 4) is 0 Å². The molecule has 3 saturated heterocycles. The second-order valence-electron chi connectivity index (χ2n) is 8.90. The van der Waals surface area contributed by atoms with Crippen LogP contribution in [0.5, 0.6) is 0 Å². The van der Waals surface area contributed by atoms with Crippen LogP contribution in [0, 0.1) is 11.8 Å². The van der Waals surface area contributed by atoms with Gasteiger partial charge in [-0.1, -0.05) is 30.3 Å². The van der Waals surface area contributed by atoms with Crippen LogP contribution in [0.4, 0.5) is 0 Å². The summed E-state index contributed by atoms with van der Waals surface area (Å²) in [7, 11) is 3.64. The van der Waals surface area contributed by atoms with Crippen molar-refractivity contribution in [1.82, 2.24) is 14.7 Å². The van der Waals surface area contributed by atoms with Crippen molar-refractivity contribution in [2.45, 2.75) is 31.3 Å². The smallest absolute Gasteiger partial charge is 0.349 e. The molecule has 4 aliphatic rings.